The number of hydrogen-bond donors (Lipinski definition) is 0. The lowest BCUT2D eigenvalue weighted by Crippen LogP contribution is -2.13. The van der Waals surface area contributed by atoms with Crippen LogP contribution in [0.25, 0.3) is 11.1 Å². The number of hydrogen-bond acceptors (Lipinski definition) is 5. The molecule has 2 aliphatic heterocycles. The lowest BCUT2D eigenvalue weighted by molar-refractivity contribution is 0.195. The Morgan fingerprint density at radius 1 is 0.848 bits per heavy atom. The fourth-order valence-corrected chi connectivity index (χ4v) is 11.6. The molecule has 252 valence electrons. The summed E-state index contributed by atoms with van der Waals surface area (Å²) in [6.07, 6.45) is 15.0. The van der Waals surface area contributed by atoms with Crippen LogP contribution in [0, 0.1) is 12.8 Å². The summed E-state index contributed by atoms with van der Waals surface area (Å²) in [6.45, 7) is 20.6. The average Bonchev–Trinajstić information content (AvgIpc) is 3.76. The van der Waals surface area contributed by atoms with E-state index >= 15 is 0 Å². The Morgan fingerprint density at radius 3 is 2.33 bits per heavy atom. The molecular weight excluding hydrogens is 621 g/mol. The molecule has 0 saturated carbocycles. The van der Waals surface area contributed by atoms with Gasteiger partial charge in [-0.25, -0.2) is 0 Å². The highest BCUT2D eigenvalue weighted by atomic mass is 32.1. The van der Waals surface area contributed by atoms with Gasteiger partial charge in [0.1, 0.15) is 11.5 Å². The molecule has 2 aliphatic rings. The van der Waals surface area contributed by atoms with Gasteiger partial charge in [-0.05, 0) is 128 Å². The third-order valence-electron chi connectivity index (χ3n) is 10.3. The van der Waals surface area contributed by atoms with E-state index in [0.29, 0.717) is 11.8 Å². The molecule has 3 aromatic heterocycles. The Labute approximate surface area is 292 Å². The van der Waals surface area contributed by atoms with E-state index in [-0.39, 0.29) is 0 Å². The van der Waals surface area contributed by atoms with Crippen molar-refractivity contribution in [1.29, 1.82) is 0 Å². The van der Waals surface area contributed by atoms with Gasteiger partial charge in [0.25, 0.3) is 0 Å². The SMILES string of the molecule is CCCc1csc(/C(C)=C2\OCCC\C2=C(/c2sc(Cc3scc4c3OCCC4)c(C(CC)CCC)c2CCC)C(C)CC)c1C. The zero-order chi connectivity index (χ0) is 32.8. The Kier molecular flexibility index (Phi) is 12.7. The summed E-state index contributed by atoms with van der Waals surface area (Å²) in [5.74, 6) is 3.46. The van der Waals surface area contributed by atoms with Gasteiger partial charge in [0.2, 0.25) is 0 Å². The molecule has 0 aliphatic carbocycles. The van der Waals surface area contributed by atoms with E-state index in [1.54, 1.807) is 26.5 Å². The van der Waals surface area contributed by atoms with Crippen LogP contribution in [0.4, 0.5) is 0 Å². The molecule has 0 N–H and O–H groups in total. The summed E-state index contributed by atoms with van der Waals surface area (Å²) in [7, 11) is 0. The maximum atomic E-state index is 6.74. The van der Waals surface area contributed by atoms with Crippen molar-refractivity contribution in [2.45, 2.75) is 145 Å². The zero-order valence-electron chi connectivity index (χ0n) is 30.0. The second-order valence-corrected chi connectivity index (χ2v) is 16.6. The van der Waals surface area contributed by atoms with Crippen LogP contribution in [0.1, 0.15) is 159 Å². The van der Waals surface area contributed by atoms with E-state index in [9.17, 15) is 0 Å². The molecule has 2 atom stereocenters. The molecule has 5 heterocycles. The highest BCUT2D eigenvalue weighted by molar-refractivity contribution is 7.14. The summed E-state index contributed by atoms with van der Waals surface area (Å²) in [6, 6.07) is 0. The van der Waals surface area contributed by atoms with Gasteiger partial charge in [-0.2, -0.15) is 0 Å². The molecule has 46 heavy (non-hydrogen) atoms. The van der Waals surface area contributed by atoms with Gasteiger partial charge in [-0.1, -0.05) is 60.8 Å². The Balaban J connectivity index is 1.74. The van der Waals surface area contributed by atoms with Crippen molar-refractivity contribution in [3.8, 4) is 5.75 Å². The van der Waals surface area contributed by atoms with Gasteiger partial charge in [-0.15, -0.1) is 34.0 Å². The van der Waals surface area contributed by atoms with Gasteiger partial charge in [0, 0.05) is 32.2 Å². The molecule has 2 unspecified atom stereocenters. The standard InChI is InChI=1S/C41H58O2S3/c1-9-16-29(13-5)37-33(18-11-3)41(46-34(37)23-35-39-31(25-44-35)19-14-21-43-39)36(26(6)12-4)32-20-15-22-42-38(32)28(8)40-27(7)30(17-10-2)24-45-40/h24-26,29H,9-23H2,1-8H3/b36-32+,38-28-. The Morgan fingerprint density at radius 2 is 1.61 bits per heavy atom. The molecular formula is C41H58O2S3. The van der Waals surface area contributed by atoms with E-state index in [1.807, 2.05) is 22.7 Å². The number of allylic oxidation sites excluding steroid dienone is 3. The number of thiophene rings is 3. The van der Waals surface area contributed by atoms with E-state index in [4.69, 9.17) is 9.47 Å². The third kappa shape index (κ3) is 7.27. The van der Waals surface area contributed by atoms with Crippen LogP contribution < -0.4 is 4.74 Å². The highest BCUT2D eigenvalue weighted by Gasteiger charge is 2.32. The largest absolute Gasteiger partial charge is 0.493 e. The number of aryl methyl sites for hydroxylation is 2. The fraction of sp³-hybridized carbons (Fsp3) is 0.610. The van der Waals surface area contributed by atoms with Gasteiger partial charge in [0.15, 0.2) is 0 Å². The molecule has 0 aromatic carbocycles. The van der Waals surface area contributed by atoms with Crippen molar-refractivity contribution in [3.05, 3.63) is 69.4 Å². The summed E-state index contributed by atoms with van der Waals surface area (Å²) in [5, 5.41) is 4.77. The van der Waals surface area contributed by atoms with Crippen LogP contribution in [0.15, 0.2) is 22.1 Å². The molecule has 0 radical (unpaired) electrons. The van der Waals surface area contributed by atoms with Gasteiger partial charge >= 0.3 is 0 Å². The average molecular weight is 679 g/mol. The molecule has 0 spiro atoms. The van der Waals surface area contributed by atoms with E-state index in [1.165, 1.54) is 81.2 Å². The molecule has 0 bridgehead atoms. The molecule has 1 fully saturated rings. The van der Waals surface area contributed by atoms with Crippen LogP contribution >= 0.6 is 34.0 Å². The second kappa shape index (κ2) is 16.5. The van der Waals surface area contributed by atoms with Crippen LogP contribution in [0.2, 0.25) is 0 Å². The van der Waals surface area contributed by atoms with Crippen LogP contribution in [0.5, 0.6) is 5.75 Å². The summed E-state index contributed by atoms with van der Waals surface area (Å²) < 4.78 is 13.1. The quantitative estimate of drug-likeness (QED) is 0.169. The number of fused-ring (bicyclic) bond motifs is 1. The first-order chi connectivity index (χ1) is 22.4. The van der Waals surface area contributed by atoms with Gasteiger partial charge in [-0.3, -0.25) is 0 Å². The number of ether oxygens (including phenoxy) is 2. The Hall–Kier alpha value is -1.82. The summed E-state index contributed by atoms with van der Waals surface area (Å²) >= 11 is 5.98. The normalized spacial score (nSPS) is 18.5. The monoisotopic (exact) mass is 678 g/mol. The minimum Gasteiger partial charge on any atom is -0.493 e. The third-order valence-corrected chi connectivity index (χ3v) is 13.9. The van der Waals surface area contributed by atoms with Crippen LogP contribution in [-0.4, -0.2) is 13.2 Å². The van der Waals surface area contributed by atoms with E-state index in [0.717, 1.165) is 64.6 Å². The fourth-order valence-electron chi connectivity index (χ4n) is 7.75. The van der Waals surface area contributed by atoms with Crippen LogP contribution in [0.3, 0.4) is 0 Å². The van der Waals surface area contributed by atoms with Crippen molar-refractivity contribution < 1.29 is 9.47 Å². The maximum Gasteiger partial charge on any atom is 0.136 e. The van der Waals surface area contributed by atoms with Gasteiger partial charge < -0.3 is 9.47 Å². The lowest BCUT2D eigenvalue weighted by atomic mass is 9.82. The summed E-state index contributed by atoms with van der Waals surface area (Å²) in [5.41, 5.74) is 12.1. The topological polar surface area (TPSA) is 18.5 Å². The molecule has 0 amide bonds. The van der Waals surface area contributed by atoms with Crippen molar-refractivity contribution >= 4 is 45.2 Å². The predicted octanol–water partition coefficient (Wildman–Crippen LogP) is 13.3. The predicted molar refractivity (Wildman–Crippen MR) is 204 cm³/mol. The zero-order valence-corrected chi connectivity index (χ0v) is 32.4. The minimum absolute atomic E-state index is 0.471. The first-order valence-electron chi connectivity index (χ1n) is 18.4. The molecule has 5 heteroatoms. The van der Waals surface area contributed by atoms with Crippen molar-refractivity contribution in [3.63, 3.8) is 0 Å². The highest BCUT2D eigenvalue weighted by Crippen LogP contribution is 2.49. The van der Waals surface area contributed by atoms with Gasteiger partial charge in [0.05, 0.1) is 18.1 Å². The minimum atomic E-state index is 0.471. The van der Waals surface area contributed by atoms with E-state index < -0.39 is 0 Å². The number of rotatable bonds is 14. The Bertz CT molecular complexity index is 1530. The lowest BCUT2D eigenvalue weighted by Gasteiger charge is -2.28. The molecule has 1 saturated heterocycles. The second-order valence-electron chi connectivity index (χ2n) is 13.6. The van der Waals surface area contributed by atoms with Crippen LogP contribution in [-0.2, 0) is 30.4 Å². The first kappa shape index (κ1) is 35.5. The summed E-state index contributed by atoms with van der Waals surface area (Å²) in [4.78, 5) is 6.02. The molecule has 2 nitrogen and oxygen atoms in total. The molecule has 3 aromatic rings. The van der Waals surface area contributed by atoms with Crippen molar-refractivity contribution in [2.24, 2.45) is 5.92 Å². The first-order valence-corrected chi connectivity index (χ1v) is 21.0. The van der Waals surface area contributed by atoms with Crippen molar-refractivity contribution in [2.75, 3.05) is 13.2 Å². The van der Waals surface area contributed by atoms with Crippen molar-refractivity contribution in [1.82, 2.24) is 0 Å². The maximum absolute atomic E-state index is 6.74. The smallest absolute Gasteiger partial charge is 0.136 e. The van der Waals surface area contributed by atoms with E-state index in [2.05, 4.69) is 77.5 Å². The molecule has 5 rings (SSSR count).